The van der Waals surface area contributed by atoms with Crippen LogP contribution >= 0.6 is 0 Å². The summed E-state index contributed by atoms with van der Waals surface area (Å²) in [5.41, 5.74) is -2.07. The van der Waals surface area contributed by atoms with Crippen molar-refractivity contribution in [3.8, 4) is 0 Å². The molecule has 1 aliphatic carbocycles. The van der Waals surface area contributed by atoms with Gasteiger partial charge in [0, 0.05) is 38.3 Å². The van der Waals surface area contributed by atoms with E-state index in [9.17, 15) is 19.2 Å². The predicted molar refractivity (Wildman–Crippen MR) is 196 cm³/mol. The van der Waals surface area contributed by atoms with Crippen LogP contribution in [-0.4, -0.2) is 119 Å². The maximum absolute atomic E-state index is 14.3. The number of nitrogens with zero attached hydrogens (tertiary/aromatic N) is 4. The molecule has 0 aromatic carbocycles. The number of rotatable bonds is 9. The minimum absolute atomic E-state index is 0.0150. The Hall–Kier alpha value is -2.93. The summed E-state index contributed by atoms with van der Waals surface area (Å²) < 4.78 is 22.8. The van der Waals surface area contributed by atoms with Crippen LogP contribution in [0, 0.1) is 0 Å². The number of aliphatic imine (C=N–C) groups is 1. The van der Waals surface area contributed by atoms with Gasteiger partial charge < -0.3 is 28.7 Å². The van der Waals surface area contributed by atoms with Crippen LogP contribution < -0.4 is 5.32 Å². The highest BCUT2D eigenvalue weighted by Gasteiger charge is 2.38. The lowest BCUT2D eigenvalue weighted by molar-refractivity contribution is -0.160. The van der Waals surface area contributed by atoms with E-state index in [1.807, 2.05) is 37.6 Å². The van der Waals surface area contributed by atoms with E-state index < -0.39 is 35.0 Å². The highest BCUT2D eigenvalue weighted by molar-refractivity contribution is 5.99. The fourth-order valence-corrected chi connectivity index (χ4v) is 7.02. The van der Waals surface area contributed by atoms with Crippen LogP contribution in [0.4, 0.5) is 9.59 Å². The number of likely N-dealkylation sites (N-methyl/N-ethyl adjacent to an activating group) is 1. The highest BCUT2D eigenvalue weighted by Crippen LogP contribution is 2.28. The average molecular weight is 722 g/mol. The topological polar surface area (TPSA) is 139 Å². The zero-order chi connectivity index (χ0) is 38.0. The number of nitrogens with one attached hydrogen (secondary N) is 1. The molecule has 0 spiro atoms. The number of likely N-dealkylation sites (tertiary alicyclic amines) is 2. The van der Waals surface area contributed by atoms with Gasteiger partial charge in [0.25, 0.3) is 0 Å². The lowest BCUT2D eigenvalue weighted by atomic mass is 9.92. The Morgan fingerprint density at radius 3 is 1.94 bits per heavy atom. The van der Waals surface area contributed by atoms with E-state index in [4.69, 9.17) is 18.9 Å². The summed E-state index contributed by atoms with van der Waals surface area (Å²) in [4.78, 5) is 62.6. The third-order valence-corrected chi connectivity index (χ3v) is 9.37. The van der Waals surface area contributed by atoms with Gasteiger partial charge in [-0.25, -0.2) is 9.59 Å². The van der Waals surface area contributed by atoms with Gasteiger partial charge in [-0.1, -0.05) is 19.3 Å². The van der Waals surface area contributed by atoms with Gasteiger partial charge >= 0.3 is 18.2 Å². The third-order valence-electron chi connectivity index (χ3n) is 9.37. The molecule has 51 heavy (non-hydrogen) atoms. The number of carbonyl (C=O) groups is 4. The lowest BCUT2D eigenvalue weighted by Gasteiger charge is -2.42. The van der Waals surface area contributed by atoms with E-state index in [-0.39, 0.29) is 42.4 Å². The molecule has 1 unspecified atom stereocenters. The summed E-state index contributed by atoms with van der Waals surface area (Å²) in [5.74, 6) is -0.235. The SMILES string of the molecule is CN(C1CCCCC1)[C@@H](CC(=O)OC(C)(C)C)C(=O)N1CCCCC1CCOC1CCN(C(=NC(=O)OC(C)(C)C)NC(=O)OC(C)(C)C)CC1. The standard InChI is InChI=1S/C38H67N5O8/c1-36(2,3)49-31(44)26-30(41(10)27-16-12-11-13-17-27)32(45)43-22-15-14-18-28(43)21-25-48-29-19-23-42(24-20-29)33(39-34(46)50-37(4,5)6)40-35(47)51-38(7,8)9/h27-30H,11-26H2,1-10H3,(H,39,40,46,47)/t28?,30-/m0/s1. The largest absolute Gasteiger partial charge is 0.460 e. The number of piperidine rings is 2. The molecule has 3 amide bonds. The van der Waals surface area contributed by atoms with E-state index in [1.54, 1.807) is 41.5 Å². The van der Waals surface area contributed by atoms with Crippen LogP contribution in [0.1, 0.15) is 139 Å². The Balaban J connectivity index is 1.61. The second kappa shape index (κ2) is 18.7. The zero-order valence-electron chi connectivity index (χ0n) is 33.2. The molecule has 292 valence electrons. The number of amides is 3. The van der Waals surface area contributed by atoms with E-state index in [2.05, 4.69) is 15.2 Å². The van der Waals surface area contributed by atoms with Crippen LogP contribution in [0.25, 0.3) is 0 Å². The molecule has 3 rings (SSSR count). The molecule has 3 aliphatic rings. The molecule has 0 bridgehead atoms. The van der Waals surface area contributed by atoms with Gasteiger partial charge in [0.05, 0.1) is 18.6 Å². The molecular formula is C38H67N5O8. The molecular weight excluding hydrogens is 654 g/mol. The molecule has 2 heterocycles. The second-order valence-corrected chi connectivity index (χ2v) is 17.3. The van der Waals surface area contributed by atoms with E-state index in [1.165, 1.54) is 6.42 Å². The summed E-state index contributed by atoms with van der Waals surface area (Å²) in [7, 11) is 2.00. The molecule has 2 aliphatic heterocycles. The number of alkyl carbamates (subject to hydrolysis) is 1. The first-order chi connectivity index (χ1) is 23.7. The van der Waals surface area contributed by atoms with Gasteiger partial charge in [-0.2, -0.15) is 0 Å². The monoisotopic (exact) mass is 721 g/mol. The minimum atomic E-state index is -0.795. The average Bonchev–Trinajstić information content (AvgIpc) is 3.01. The van der Waals surface area contributed by atoms with Crippen molar-refractivity contribution in [3.05, 3.63) is 0 Å². The van der Waals surface area contributed by atoms with Crippen molar-refractivity contribution in [2.24, 2.45) is 4.99 Å². The molecule has 3 fully saturated rings. The third kappa shape index (κ3) is 15.3. The molecule has 0 aromatic heterocycles. The Kier molecular flexibility index (Phi) is 15.6. The van der Waals surface area contributed by atoms with Gasteiger partial charge in [-0.15, -0.1) is 4.99 Å². The van der Waals surface area contributed by atoms with Crippen molar-refractivity contribution < 1.29 is 38.1 Å². The van der Waals surface area contributed by atoms with Crippen LogP contribution in [0.2, 0.25) is 0 Å². The van der Waals surface area contributed by atoms with Crippen molar-refractivity contribution in [1.29, 1.82) is 0 Å². The molecule has 1 saturated carbocycles. The quantitative estimate of drug-likeness (QED) is 0.123. The van der Waals surface area contributed by atoms with Crippen LogP contribution in [0.15, 0.2) is 4.99 Å². The Morgan fingerprint density at radius 1 is 0.765 bits per heavy atom. The summed E-state index contributed by atoms with van der Waals surface area (Å²) >= 11 is 0. The number of guanidine groups is 1. The molecule has 2 saturated heterocycles. The number of carbonyl (C=O) groups excluding carboxylic acids is 4. The second-order valence-electron chi connectivity index (χ2n) is 17.3. The molecule has 13 nitrogen and oxygen atoms in total. The highest BCUT2D eigenvalue weighted by atomic mass is 16.6. The number of ether oxygens (including phenoxy) is 4. The fraction of sp³-hybridized carbons (Fsp3) is 0.868. The van der Waals surface area contributed by atoms with Crippen molar-refractivity contribution in [2.75, 3.05) is 33.3 Å². The summed E-state index contributed by atoms with van der Waals surface area (Å²) in [6.45, 7) is 18.3. The van der Waals surface area contributed by atoms with Gasteiger partial charge in [-0.3, -0.25) is 19.8 Å². The Labute approximate surface area is 306 Å². The Bertz CT molecular complexity index is 1190. The number of esters is 1. The van der Waals surface area contributed by atoms with Crippen LogP contribution in [0.3, 0.4) is 0 Å². The number of hydrogen-bond donors (Lipinski definition) is 1. The number of hydrogen-bond acceptors (Lipinski definition) is 9. The minimum Gasteiger partial charge on any atom is -0.460 e. The van der Waals surface area contributed by atoms with E-state index >= 15 is 0 Å². The molecule has 1 N–H and O–H groups in total. The van der Waals surface area contributed by atoms with Crippen molar-refractivity contribution in [1.82, 2.24) is 20.0 Å². The van der Waals surface area contributed by atoms with Gasteiger partial charge in [0.1, 0.15) is 16.8 Å². The maximum atomic E-state index is 14.3. The predicted octanol–water partition coefficient (Wildman–Crippen LogP) is 6.42. The zero-order valence-corrected chi connectivity index (χ0v) is 33.2. The van der Waals surface area contributed by atoms with Crippen molar-refractivity contribution >= 4 is 30.0 Å². The molecule has 13 heteroatoms. The normalized spacial score (nSPS) is 20.9. The smallest absolute Gasteiger partial charge is 0.437 e. The molecule has 2 atom stereocenters. The van der Waals surface area contributed by atoms with E-state index in [0.717, 1.165) is 44.9 Å². The van der Waals surface area contributed by atoms with Crippen molar-refractivity contribution in [2.45, 2.75) is 180 Å². The first kappa shape index (κ1) is 42.5. The Morgan fingerprint density at radius 2 is 1.35 bits per heavy atom. The summed E-state index contributed by atoms with van der Waals surface area (Å²) in [6.07, 6.45) is 9.05. The van der Waals surface area contributed by atoms with Crippen LogP contribution in [-0.2, 0) is 28.5 Å². The summed E-state index contributed by atoms with van der Waals surface area (Å²) in [6, 6.07) is -0.237. The molecule has 0 radical (unpaired) electrons. The van der Waals surface area contributed by atoms with Crippen LogP contribution in [0.5, 0.6) is 0 Å². The fourth-order valence-electron chi connectivity index (χ4n) is 7.02. The van der Waals surface area contributed by atoms with Gasteiger partial charge in [0.2, 0.25) is 11.9 Å². The first-order valence-electron chi connectivity index (χ1n) is 19.1. The molecule has 0 aromatic rings. The summed E-state index contributed by atoms with van der Waals surface area (Å²) in [5, 5.41) is 2.64. The maximum Gasteiger partial charge on any atom is 0.437 e. The van der Waals surface area contributed by atoms with Gasteiger partial charge in [-0.05, 0) is 121 Å². The van der Waals surface area contributed by atoms with Gasteiger partial charge in [0.15, 0.2) is 0 Å². The van der Waals surface area contributed by atoms with E-state index in [0.29, 0.717) is 45.5 Å². The first-order valence-corrected chi connectivity index (χ1v) is 19.1. The lowest BCUT2D eigenvalue weighted by Crippen LogP contribution is -2.56. The van der Waals surface area contributed by atoms with Crippen molar-refractivity contribution in [3.63, 3.8) is 0 Å².